The third-order valence-electron chi connectivity index (χ3n) is 2.61. The second kappa shape index (κ2) is 6.13. The van der Waals surface area contributed by atoms with Crippen molar-refractivity contribution in [3.8, 4) is 0 Å². The van der Waals surface area contributed by atoms with Crippen molar-refractivity contribution < 1.29 is 9.90 Å². The predicted molar refractivity (Wildman–Crippen MR) is 73.1 cm³/mol. The molecular weight excluding hydrogens is 250 g/mol. The van der Waals surface area contributed by atoms with E-state index in [9.17, 15) is 4.79 Å². The van der Waals surface area contributed by atoms with Crippen LogP contribution >= 0.6 is 11.5 Å². The SMILES string of the molecule is CC(CCCNc1nc(C(C)(C)C)ns1)C(=O)O. The Kier molecular flexibility index (Phi) is 5.07. The van der Waals surface area contributed by atoms with Gasteiger partial charge in [0.2, 0.25) is 5.13 Å². The molecule has 0 saturated heterocycles. The van der Waals surface area contributed by atoms with E-state index in [-0.39, 0.29) is 11.3 Å². The molecule has 0 fully saturated rings. The van der Waals surface area contributed by atoms with Gasteiger partial charge >= 0.3 is 5.97 Å². The van der Waals surface area contributed by atoms with E-state index in [0.717, 1.165) is 23.9 Å². The fourth-order valence-electron chi connectivity index (χ4n) is 1.33. The topological polar surface area (TPSA) is 75.1 Å². The van der Waals surface area contributed by atoms with Crippen LogP contribution in [-0.4, -0.2) is 27.0 Å². The lowest BCUT2D eigenvalue weighted by Gasteiger charge is -2.12. The minimum Gasteiger partial charge on any atom is -0.481 e. The Labute approximate surface area is 112 Å². The second-order valence-corrected chi connectivity index (χ2v) is 6.23. The molecule has 0 aromatic carbocycles. The molecule has 5 nitrogen and oxygen atoms in total. The first-order chi connectivity index (χ1) is 8.30. The Bertz CT molecular complexity index is 398. The van der Waals surface area contributed by atoms with Gasteiger partial charge in [-0.3, -0.25) is 4.79 Å². The normalized spacial score (nSPS) is 13.3. The summed E-state index contributed by atoms with van der Waals surface area (Å²) in [6.07, 6.45) is 1.49. The molecule has 0 aliphatic carbocycles. The van der Waals surface area contributed by atoms with Gasteiger partial charge in [0.15, 0.2) is 0 Å². The first-order valence-electron chi connectivity index (χ1n) is 6.11. The summed E-state index contributed by atoms with van der Waals surface area (Å²) < 4.78 is 4.30. The van der Waals surface area contributed by atoms with Crippen LogP contribution in [0.4, 0.5) is 5.13 Å². The predicted octanol–water partition coefficient (Wildman–Crippen LogP) is 2.75. The molecule has 0 spiro atoms. The molecule has 6 heteroatoms. The van der Waals surface area contributed by atoms with Crippen molar-refractivity contribution in [2.45, 2.75) is 46.0 Å². The molecule has 0 saturated carbocycles. The van der Waals surface area contributed by atoms with Gasteiger partial charge in [0.05, 0.1) is 5.92 Å². The van der Waals surface area contributed by atoms with E-state index < -0.39 is 5.97 Å². The van der Waals surface area contributed by atoms with Gasteiger partial charge < -0.3 is 10.4 Å². The smallest absolute Gasteiger partial charge is 0.306 e. The summed E-state index contributed by atoms with van der Waals surface area (Å²) in [5.74, 6) is -0.179. The molecule has 1 heterocycles. The van der Waals surface area contributed by atoms with Crippen LogP contribution in [0.5, 0.6) is 0 Å². The highest BCUT2D eigenvalue weighted by molar-refractivity contribution is 7.09. The van der Waals surface area contributed by atoms with Gasteiger partial charge in [-0.05, 0) is 12.8 Å². The number of aromatic nitrogens is 2. The number of rotatable bonds is 6. The van der Waals surface area contributed by atoms with Crippen LogP contribution in [0, 0.1) is 5.92 Å². The highest BCUT2D eigenvalue weighted by Crippen LogP contribution is 2.22. The molecule has 1 aromatic heterocycles. The first kappa shape index (κ1) is 14.9. The average molecular weight is 271 g/mol. The Morgan fingerprint density at radius 1 is 1.50 bits per heavy atom. The third kappa shape index (κ3) is 4.60. The van der Waals surface area contributed by atoms with Gasteiger partial charge in [0.1, 0.15) is 5.82 Å². The molecule has 18 heavy (non-hydrogen) atoms. The molecule has 0 radical (unpaired) electrons. The van der Waals surface area contributed by atoms with E-state index in [0.29, 0.717) is 6.42 Å². The largest absolute Gasteiger partial charge is 0.481 e. The van der Waals surface area contributed by atoms with E-state index in [2.05, 4.69) is 35.4 Å². The van der Waals surface area contributed by atoms with Crippen LogP contribution in [0.3, 0.4) is 0 Å². The zero-order valence-corrected chi connectivity index (χ0v) is 12.2. The third-order valence-corrected chi connectivity index (χ3v) is 3.28. The Morgan fingerprint density at radius 3 is 2.67 bits per heavy atom. The standard InChI is InChI=1S/C12H21N3O2S/c1-8(9(16)17)6-5-7-13-11-14-10(15-18-11)12(2,3)4/h8H,5-7H2,1-4H3,(H,16,17)(H,13,14,15). The molecule has 0 bridgehead atoms. The number of hydrogen-bond donors (Lipinski definition) is 2. The average Bonchev–Trinajstić information content (AvgIpc) is 2.72. The summed E-state index contributed by atoms with van der Waals surface area (Å²) in [5.41, 5.74) is -0.0335. The summed E-state index contributed by atoms with van der Waals surface area (Å²) in [5, 5.41) is 12.7. The second-order valence-electron chi connectivity index (χ2n) is 5.48. The minimum absolute atomic E-state index is 0.0335. The summed E-state index contributed by atoms with van der Waals surface area (Å²) in [6.45, 7) is 8.69. The van der Waals surface area contributed by atoms with E-state index >= 15 is 0 Å². The molecule has 1 aromatic rings. The molecule has 1 atom stereocenters. The number of carbonyl (C=O) groups is 1. The van der Waals surface area contributed by atoms with Gasteiger partial charge in [0, 0.05) is 23.5 Å². The van der Waals surface area contributed by atoms with Crippen LogP contribution in [0.15, 0.2) is 0 Å². The Morgan fingerprint density at radius 2 is 2.17 bits per heavy atom. The maximum atomic E-state index is 10.6. The summed E-state index contributed by atoms with van der Waals surface area (Å²) >= 11 is 1.35. The van der Waals surface area contributed by atoms with Crippen LogP contribution in [0.25, 0.3) is 0 Å². The number of aliphatic carboxylic acids is 1. The van der Waals surface area contributed by atoms with Crippen LogP contribution in [0.1, 0.15) is 46.4 Å². The molecule has 1 unspecified atom stereocenters. The van der Waals surface area contributed by atoms with Crippen molar-refractivity contribution >= 4 is 22.6 Å². The molecule has 0 aliphatic rings. The summed E-state index contributed by atoms with van der Waals surface area (Å²) in [4.78, 5) is 15.0. The number of hydrogen-bond acceptors (Lipinski definition) is 5. The summed E-state index contributed by atoms with van der Waals surface area (Å²) in [7, 11) is 0. The van der Waals surface area contributed by atoms with Crippen LogP contribution in [0.2, 0.25) is 0 Å². The van der Waals surface area contributed by atoms with Gasteiger partial charge in [-0.15, -0.1) is 0 Å². The first-order valence-corrected chi connectivity index (χ1v) is 6.89. The van der Waals surface area contributed by atoms with Gasteiger partial charge in [-0.25, -0.2) is 4.98 Å². The monoisotopic (exact) mass is 271 g/mol. The van der Waals surface area contributed by atoms with Crippen molar-refractivity contribution in [2.24, 2.45) is 5.92 Å². The number of carboxylic acids is 1. The fraction of sp³-hybridized carbons (Fsp3) is 0.750. The zero-order chi connectivity index (χ0) is 13.8. The van der Waals surface area contributed by atoms with Crippen molar-refractivity contribution in [1.29, 1.82) is 0 Å². The van der Waals surface area contributed by atoms with E-state index in [1.54, 1.807) is 6.92 Å². The number of anilines is 1. The van der Waals surface area contributed by atoms with Gasteiger partial charge in [-0.2, -0.15) is 4.37 Å². The highest BCUT2D eigenvalue weighted by atomic mass is 32.1. The van der Waals surface area contributed by atoms with E-state index in [4.69, 9.17) is 5.11 Å². The maximum Gasteiger partial charge on any atom is 0.306 e. The van der Waals surface area contributed by atoms with Gasteiger partial charge in [-0.1, -0.05) is 27.7 Å². The number of nitrogens with one attached hydrogen (secondary N) is 1. The summed E-state index contributed by atoms with van der Waals surface area (Å²) in [6, 6.07) is 0. The lowest BCUT2D eigenvalue weighted by molar-refractivity contribution is -0.141. The lowest BCUT2D eigenvalue weighted by atomic mass is 9.96. The fourth-order valence-corrected chi connectivity index (χ4v) is 2.11. The molecule has 0 aliphatic heterocycles. The van der Waals surface area contributed by atoms with Crippen molar-refractivity contribution in [2.75, 3.05) is 11.9 Å². The maximum absolute atomic E-state index is 10.6. The quantitative estimate of drug-likeness (QED) is 0.778. The highest BCUT2D eigenvalue weighted by Gasteiger charge is 2.19. The number of carboxylic acid groups (broad SMARTS) is 1. The van der Waals surface area contributed by atoms with Crippen molar-refractivity contribution in [1.82, 2.24) is 9.36 Å². The Hall–Kier alpha value is -1.17. The van der Waals surface area contributed by atoms with Crippen LogP contribution < -0.4 is 5.32 Å². The van der Waals surface area contributed by atoms with Crippen molar-refractivity contribution in [3.05, 3.63) is 5.82 Å². The lowest BCUT2D eigenvalue weighted by Crippen LogP contribution is -2.14. The zero-order valence-electron chi connectivity index (χ0n) is 11.4. The van der Waals surface area contributed by atoms with Gasteiger partial charge in [0.25, 0.3) is 0 Å². The molecule has 0 amide bonds. The van der Waals surface area contributed by atoms with Crippen LogP contribution in [-0.2, 0) is 10.2 Å². The molecule has 1 rings (SSSR count). The minimum atomic E-state index is -0.735. The Balaban J connectivity index is 2.32. The molecule has 2 N–H and O–H groups in total. The molecule has 102 valence electrons. The van der Waals surface area contributed by atoms with E-state index in [1.165, 1.54) is 11.5 Å². The molecular formula is C12H21N3O2S. The van der Waals surface area contributed by atoms with E-state index in [1.807, 2.05) is 0 Å². The van der Waals surface area contributed by atoms with Crippen molar-refractivity contribution in [3.63, 3.8) is 0 Å². The number of nitrogens with zero attached hydrogens (tertiary/aromatic N) is 2.